The van der Waals surface area contributed by atoms with Crippen LogP contribution in [0.4, 0.5) is 10.6 Å². The third-order valence-electron chi connectivity index (χ3n) is 4.48. The third-order valence-corrected chi connectivity index (χ3v) is 4.48. The van der Waals surface area contributed by atoms with Gasteiger partial charge in [0.25, 0.3) is 0 Å². The fourth-order valence-corrected chi connectivity index (χ4v) is 2.98. The molecule has 7 nitrogen and oxygen atoms in total. The minimum atomic E-state index is -0.180. The van der Waals surface area contributed by atoms with Crippen molar-refractivity contribution in [1.82, 2.24) is 15.6 Å². The average molecular weight is 370 g/mol. The summed E-state index contributed by atoms with van der Waals surface area (Å²) >= 11 is 0. The molecule has 0 atom stereocenters. The van der Waals surface area contributed by atoms with Crippen molar-refractivity contribution in [1.29, 1.82) is 0 Å². The van der Waals surface area contributed by atoms with E-state index < -0.39 is 0 Å². The van der Waals surface area contributed by atoms with Crippen LogP contribution in [-0.4, -0.2) is 51.0 Å². The van der Waals surface area contributed by atoms with Crippen molar-refractivity contribution >= 4 is 11.8 Å². The van der Waals surface area contributed by atoms with Crippen molar-refractivity contribution in [3.8, 4) is 5.75 Å². The van der Waals surface area contributed by atoms with Gasteiger partial charge in [-0.1, -0.05) is 18.2 Å². The van der Waals surface area contributed by atoms with E-state index in [9.17, 15) is 4.79 Å². The van der Waals surface area contributed by atoms with Crippen molar-refractivity contribution < 1.29 is 14.3 Å². The Kier molecular flexibility index (Phi) is 6.87. The monoisotopic (exact) mass is 370 g/mol. The highest BCUT2D eigenvalue weighted by Crippen LogP contribution is 2.18. The standard InChI is InChI=1S/C20H26N4O3/c1-26-18-6-4-16(5-7-18)8-10-22-20(25)23-15-17-3-2-9-21-19(17)24-11-13-27-14-12-24/h2-7,9H,8,10-15H2,1H3,(H2,22,23,25). The predicted molar refractivity (Wildman–Crippen MR) is 104 cm³/mol. The van der Waals surface area contributed by atoms with Gasteiger partial charge in [-0.15, -0.1) is 0 Å². The Morgan fingerprint density at radius 1 is 1.19 bits per heavy atom. The number of morpholine rings is 1. The van der Waals surface area contributed by atoms with Crippen molar-refractivity contribution in [2.24, 2.45) is 0 Å². The van der Waals surface area contributed by atoms with Crippen LogP contribution < -0.4 is 20.3 Å². The SMILES string of the molecule is COc1ccc(CCNC(=O)NCc2cccnc2N2CCOCC2)cc1. The van der Waals surface area contributed by atoms with E-state index >= 15 is 0 Å². The van der Waals surface area contributed by atoms with Crippen molar-refractivity contribution in [2.75, 3.05) is 44.9 Å². The van der Waals surface area contributed by atoms with Gasteiger partial charge in [0.05, 0.1) is 20.3 Å². The Bertz CT molecular complexity index is 730. The number of rotatable bonds is 7. The van der Waals surface area contributed by atoms with E-state index in [2.05, 4.69) is 20.5 Å². The van der Waals surface area contributed by atoms with Crippen LogP contribution in [0.15, 0.2) is 42.6 Å². The van der Waals surface area contributed by atoms with E-state index in [-0.39, 0.29) is 6.03 Å². The highest BCUT2D eigenvalue weighted by Gasteiger charge is 2.16. The summed E-state index contributed by atoms with van der Waals surface area (Å²) in [5.74, 6) is 1.75. The number of nitrogens with zero attached hydrogens (tertiary/aromatic N) is 2. The van der Waals surface area contributed by atoms with Gasteiger partial charge in [-0.25, -0.2) is 9.78 Å². The van der Waals surface area contributed by atoms with Crippen LogP contribution in [0.25, 0.3) is 0 Å². The average Bonchev–Trinajstić information content (AvgIpc) is 2.73. The zero-order valence-electron chi connectivity index (χ0n) is 15.6. The number of hydrogen-bond donors (Lipinski definition) is 2. The lowest BCUT2D eigenvalue weighted by Gasteiger charge is -2.29. The Balaban J connectivity index is 1.45. The van der Waals surface area contributed by atoms with Gasteiger partial charge in [-0.3, -0.25) is 0 Å². The molecule has 27 heavy (non-hydrogen) atoms. The minimum absolute atomic E-state index is 0.180. The van der Waals surface area contributed by atoms with Crippen LogP contribution in [0, 0.1) is 0 Å². The zero-order valence-corrected chi connectivity index (χ0v) is 15.6. The van der Waals surface area contributed by atoms with Gasteiger partial charge in [0.15, 0.2) is 0 Å². The van der Waals surface area contributed by atoms with Gasteiger partial charge < -0.3 is 25.0 Å². The predicted octanol–water partition coefficient (Wildman–Crippen LogP) is 1.97. The molecule has 1 aromatic carbocycles. The first-order valence-corrected chi connectivity index (χ1v) is 9.17. The van der Waals surface area contributed by atoms with Gasteiger partial charge in [0.1, 0.15) is 11.6 Å². The highest BCUT2D eigenvalue weighted by molar-refractivity contribution is 5.74. The lowest BCUT2D eigenvalue weighted by atomic mass is 10.1. The minimum Gasteiger partial charge on any atom is -0.497 e. The van der Waals surface area contributed by atoms with Crippen LogP contribution in [0.1, 0.15) is 11.1 Å². The Hall–Kier alpha value is -2.80. The number of amides is 2. The molecule has 1 fully saturated rings. The number of anilines is 1. The summed E-state index contributed by atoms with van der Waals surface area (Å²) < 4.78 is 10.5. The number of aromatic nitrogens is 1. The first kappa shape index (κ1) is 19.0. The van der Waals surface area contributed by atoms with Crippen molar-refractivity contribution in [2.45, 2.75) is 13.0 Å². The van der Waals surface area contributed by atoms with Gasteiger partial charge in [0, 0.05) is 37.9 Å². The molecule has 1 aromatic heterocycles. The summed E-state index contributed by atoms with van der Waals surface area (Å²) in [6.45, 7) is 4.05. The second kappa shape index (κ2) is 9.78. The fourth-order valence-electron chi connectivity index (χ4n) is 2.98. The van der Waals surface area contributed by atoms with Crippen LogP contribution >= 0.6 is 0 Å². The van der Waals surface area contributed by atoms with E-state index in [0.717, 1.165) is 42.2 Å². The molecule has 2 N–H and O–H groups in total. The summed E-state index contributed by atoms with van der Waals surface area (Å²) in [6, 6.07) is 11.6. The molecule has 2 aromatic rings. The molecule has 0 aliphatic carbocycles. The maximum Gasteiger partial charge on any atom is 0.315 e. The number of urea groups is 1. The lowest BCUT2D eigenvalue weighted by molar-refractivity contribution is 0.122. The molecule has 7 heteroatoms. The Labute approximate surface area is 159 Å². The lowest BCUT2D eigenvalue weighted by Crippen LogP contribution is -2.39. The van der Waals surface area contributed by atoms with Crippen LogP contribution in [0.3, 0.4) is 0 Å². The maximum atomic E-state index is 12.1. The topological polar surface area (TPSA) is 75.7 Å². The molecule has 0 saturated carbocycles. The zero-order chi connectivity index (χ0) is 18.9. The largest absolute Gasteiger partial charge is 0.497 e. The molecule has 144 valence electrons. The van der Waals surface area contributed by atoms with Gasteiger partial charge >= 0.3 is 6.03 Å². The molecule has 0 unspecified atom stereocenters. The van der Waals surface area contributed by atoms with Crippen LogP contribution in [0.2, 0.25) is 0 Å². The van der Waals surface area contributed by atoms with Gasteiger partial charge in [-0.2, -0.15) is 0 Å². The number of ether oxygens (including phenoxy) is 2. The molecule has 1 saturated heterocycles. The summed E-state index contributed by atoms with van der Waals surface area (Å²) in [6.07, 6.45) is 2.55. The Morgan fingerprint density at radius 2 is 1.96 bits per heavy atom. The normalized spacial score (nSPS) is 13.9. The molecule has 0 bridgehead atoms. The number of benzene rings is 1. The smallest absolute Gasteiger partial charge is 0.315 e. The molecule has 1 aliphatic rings. The first-order valence-electron chi connectivity index (χ1n) is 9.17. The second-order valence-corrected chi connectivity index (χ2v) is 6.29. The van der Waals surface area contributed by atoms with E-state index in [4.69, 9.17) is 9.47 Å². The summed E-state index contributed by atoms with van der Waals surface area (Å²) in [4.78, 5) is 18.8. The van der Waals surface area contributed by atoms with E-state index in [1.54, 1.807) is 13.3 Å². The van der Waals surface area contributed by atoms with Crippen molar-refractivity contribution in [3.05, 3.63) is 53.7 Å². The summed E-state index contributed by atoms with van der Waals surface area (Å²) in [5.41, 5.74) is 2.16. The molecule has 2 heterocycles. The van der Waals surface area contributed by atoms with Crippen molar-refractivity contribution in [3.63, 3.8) is 0 Å². The van der Waals surface area contributed by atoms with E-state index in [0.29, 0.717) is 26.3 Å². The summed E-state index contributed by atoms with van der Waals surface area (Å²) in [5, 5.41) is 5.81. The van der Waals surface area contributed by atoms with Gasteiger partial charge in [-0.05, 0) is 30.2 Å². The number of pyridine rings is 1. The molecule has 3 rings (SSSR count). The molecule has 2 amide bonds. The molecular weight excluding hydrogens is 344 g/mol. The third kappa shape index (κ3) is 5.59. The van der Waals surface area contributed by atoms with Crippen LogP contribution in [0.5, 0.6) is 5.75 Å². The molecular formula is C20H26N4O3. The van der Waals surface area contributed by atoms with Crippen LogP contribution in [-0.2, 0) is 17.7 Å². The number of carbonyl (C=O) groups is 1. The number of carbonyl (C=O) groups excluding carboxylic acids is 1. The molecule has 0 radical (unpaired) electrons. The van der Waals surface area contributed by atoms with E-state index in [1.807, 2.05) is 36.4 Å². The molecule has 0 spiro atoms. The number of hydrogen-bond acceptors (Lipinski definition) is 5. The van der Waals surface area contributed by atoms with Gasteiger partial charge in [0.2, 0.25) is 0 Å². The second-order valence-electron chi connectivity index (χ2n) is 6.29. The quantitative estimate of drug-likeness (QED) is 0.779. The fraction of sp³-hybridized carbons (Fsp3) is 0.400. The molecule has 1 aliphatic heterocycles. The Morgan fingerprint density at radius 3 is 2.70 bits per heavy atom. The van der Waals surface area contributed by atoms with E-state index in [1.165, 1.54) is 0 Å². The maximum absolute atomic E-state index is 12.1. The highest BCUT2D eigenvalue weighted by atomic mass is 16.5. The number of nitrogens with one attached hydrogen (secondary N) is 2. The number of methoxy groups -OCH3 is 1. The first-order chi connectivity index (χ1) is 13.3. The summed E-state index contributed by atoms with van der Waals surface area (Å²) in [7, 11) is 1.65.